The van der Waals surface area contributed by atoms with Crippen LogP contribution in [0.1, 0.15) is 35.6 Å². The van der Waals surface area contributed by atoms with Gasteiger partial charge in [-0.2, -0.15) is 5.26 Å². The van der Waals surface area contributed by atoms with Gasteiger partial charge in [-0.15, -0.1) is 0 Å². The Balaban J connectivity index is 1.68. The highest BCUT2D eigenvalue weighted by Crippen LogP contribution is 2.36. The Labute approximate surface area is 233 Å². The number of hydrogen-bond donors (Lipinski definition) is 0. The Hall–Kier alpha value is -2.97. The van der Waals surface area contributed by atoms with Crippen LogP contribution in [0.3, 0.4) is 0 Å². The molecule has 1 amide bonds. The summed E-state index contributed by atoms with van der Waals surface area (Å²) in [4.78, 5) is 33.3. The molecule has 1 aromatic carbocycles. The number of hydrogen-bond acceptors (Lipinski definition) is 8. The van der Waals surface area contributed by atoms with Crippen LogP contribution in [0.4, 0.5) is 5.82 Å². The third-order valence-corrected chi connectivity index (χ3v) is 8.34. The van der Waals surface area contributed by atoms with Gasteiger partial charge in [-0.1, -0.05) is 54.3 Å². The van der Waals surface area contributed by atoms with Crippen molar-refractivity contribution < 1.29 is 9.53 Å². The lowest BCUT2D eigenvalue weighted by atomic mass is 10.0. The summed E-state index contributed by atoms with van der Waals surface area (Å²) in [6.07, 6.45) is 2.51. The molecule has 10 heteroatoms. The molecule has 2 aliphatic rings. The number of anilines is 1. The molecule has 4 rings (SSSR count). The first-order chi connectivity index (χ1) is 18.4. The van der Waals surface area contributed by atoms with E-state index in [1.54, 1.807) is 23.5 Å². The van der Waals surface area contributed by atoms with E-state index in [-0.39, 0.29) is 17.0 Å². The maximum absolute atomic E-state index is 13.3. The lowest BCUT2D eigenvalue weighted by Crippen LogP contribution is -2.48. The first-order valence-corrected chi connectivity index (χ1v) is 14.0. The van der Waals surface area contributed by atoms with E-state index in [1.165, 1.54) is 17.3 Å². The molecule has 0 unspecified atom stereocenters. The second-order valence-corrected chi connectivity index (χ2v) is 11.0. The third-order valence-electron chi connectivity index (χ3n) is 6.96. The number of nitrogens with zero attached hydrogens (tertiary/aromatic N) is 5. The van der Waals surface area contributed by atoms with Crippen LogP contribution < -0.4 is 10.5 Å². The molecule has 200 valence electrons. The molecule has 0 N–H and O–H groups in total. The number of thiocarbonyl (C=S) groups is 1. The Morgan fingerprint density at radius 2 is 1.87 bits per heavy atom. The zero-order valence-corrected chi connectivity index (χ0v) is 23.7. The number of piperazine rings is 1. The van der Waals surface area contributed by atoms with Crippen LogP contribution in [-0.4, -0.2) is 71.0 Å². The van der Waals surface area contributed by atoms with E-state index in [1.807, 2.05) is 19.1 Å². The quantitative estimate of drug-likeness (QED) is 0.266. The van der Waals surface area contributed by atoms with Gasteiger partial charge in [0, 0.05) is 65.1 Å². The maximum atomic E-state index is 13.3. The van der Waals surface area contributed by atoms with Crippen molar-refractivity contribution in [3.8, 4) is 6.07 Å². The average molecular weight is 552 g/mol. The molecule has 2 aromatic rings. The predicted molar refractivity (Wildman–Crippen MR) is 156 cm³/mol. The molecule has 2 aliphatic heterocycles. The molecule has 2 saturated heterocycles. The van der Waals surface area contributed by atoms with Gasteiger partial charge in [0.2, 0.25) is 0 Å². The molecule has 0 aliphatic carbocycles. The number of pyridine rings is 1. The van der Waals surface area contributed by atoms with Crippen molar-refractivity contribution in [1.29, 1.82) is 5.26 Å². The highest BCUT2D eigenvalue weighted by Gasteiger charge is 2.33. The fraction of sp³-hybridized carbons (Fsp3) is 0.429. The summed E-state index contributed by atoms with van der Waals surface area (Å²) in [5.74, 6) is 0.611. The van der Waals surface area contributed by atoms with Crippen molar-refractivity contribution in [2.45, 2.75) is 33.4 Å². The van der Waals surface area contributed by atoms with Crippen LogP contribution in [0.25, 0.3) is 6.08 Å². The van der Waals surface area contributed by atoms with Crippen molar-refractivity contribution in [3.05, 3.63) is 67.8 Å². The molecule has 8 nitrogen and oxygen atoms in total. The first kappa shape index (κ1) is 28.0. The minimum Gasteiger partial charge on any atom is -0.385 e. The number of aromatic nitrogens is 1. The zero-order valence-electron chi connectivity index (χ0n) is 22.1. The maximum Gasteiger partial charge on any atom is 0.270 e. The number of ether oxygens (including phenoxy) is 1. The van der Waals surface area contributed by atoms with E-state index in [2.05, 4.69) is 40.1 Å². The van der Waals surface area contributed by atoms with E-state index in [0.717, 1.165) is 44.1 Å². The fourth-order valence-electron chi connectivity index (χ4n) is 4.93. The topological polar surface area (TPSA) is 81.8 Å². The minimum atomic E-state index is -0.293. The van der Waals surface area contributed by atoms with Gasteiger partial charge < -0.3 is 9.64 Å². The van der Waals surface area contributed by atoms with Crippen molar-refractivity contribution in [2.75, 3.05) is 51.3 Å². The summed E-state index contributed by atoms with van der Waals surface area (Å²) in [5.41, 5.74) is 2.41. The van der Waals surface area contributed by atoms with Crippen LogP contribution >= 0.6 is 24.0 Å². The van der Waals surface area contributed by atoms with Crippen molar-refractivity contribution in [1.82, 2.24) is 14.4 Å². The molecular formula is C28H33N5O3S2. The van der Waals surface area contributed by atoms with Gasteiger partial charge in [0.1, 0.15) is 21.8 Å². The molecule has 1 aromatic heterocycles. The number of nitriles is 1. The van der Waals surface area contributed by atoms with Crippen LogP contribution in [0.15, 0.2) is 40.0 Å². The van der Waals surface area contributed by atoms with Gasteiger partial charge in [0.15, 0.2) is 0 Å². The molecule has 3 heterocycles. The number of methoxy groups -OCH3 is 1. The minimum absolute atomic E-state index is 0.111. The summed E-state index contributed by atoms with van der Waals surface area (Å²) in [6, 6.07) is 12.5. The molecule has 38 heavy (non-hydrogen) atoms. The van der Waals surface area contributed by atoms with E-state index in [0.29, 0.717) is 40.9 Å². The first-order valence-electron chi connectivity index (χ1n) is 12.8. The summed E-state index contributed by atoms with van der Waals surface area (Å²) in [7, 11) is 1.63. The summed E-state index contributed by atoms with van der Waals surface area (Å²) in [5, 5.41) is 9.82. The van der Waals surface area contributed by atoms with Crippen LogP contribution in [-0.2, 0) is 22.6 Å². The highest BCUT2D eigenvalue weighted by atomic mass is 32.2. The molecule has 0 saturated carbocycles. The Bertz CT molecular complexity index is 1320. The summed E-state index contributed by atoms with van der Waals surface area (Å²) in [6.45, 7) is 9.18. The lowest BCUT2D eigenvalue weighted by molar-refractivity contribution is -0.122. The third kappa shape index (κ3) is 5.86. The molecular weight excluding hydrogens is 518 g/mol. The molecule has 0 atom stereocenters. The standard InChI is InChI=1S/C28H33N5O3S2/c1-4-32-25(31-14-12-30(13-15-31)19-21-9-6-5-7-10-21)22(20(2)23(18-29)26(32)34)17-24-27(35)33(28(37)38-24)11-8-16-36-3/h5-7,9-10,17H,4,8,11-16,19H2,1-3H3/b24-17+. The predicted octanol–water partition coefficient (Wildman–Crippen LogP) is 3.61. The van der Waals surface area contributed by atoms with Crippen molar-refractivity contribution in [2.24, 2.45) is 0 Å². The monoisotopic (exact) mass is 551 g/mol. The largest absolute Gasteiger partial charge is 0.385 e. The molecule has 0 bridgehead atoms. The second-order valence-electron chi connectivity index (χ2n) is 9.33. The molecule has 0 spiro atoms. The second kappa shape index (κ2) is 12.7. The average Bonchev–Trinajstić information content (AvgIpc) is 3.19. The van der Waals surface area contributed by atoms with Gasteiger partial charge in [0.05, 0.1) is 4.91 Å². The molecule has 2 fully saturated rings. The number of carbonyl (C=O) groups excluding carboxylic acids is 1. The van der Waals surface area contributed by atoms with Gasteiger partial charge in [-0.05, 0) is 37.5 Å². The van der Waals surface area contributed by atoms with Gasteiger partial charge in [-0.3, -0.25) is 24.0 Å². The summed E-state index contributed by atoms with van der Waals surface area (Å²) >= 11 is 6.76. The van der Waals surface area contributed by atoms with Crippen LogP contribution in [0.5, 0.6) is 0 Å². The van der Waals surface area contributed by atoms with E-state index < -0.39 is 0 Å². The van der Waals surface area contributed by atoms with Crippen LogP contribution in [0, 0.1) is 18.3 Å². The normalized spacial score (nSPS) is 17.5. The van der Waals surface area contributed by atoms with Crippen molar-refractivity contribution >= 4 is 46.1 Å². The van der Waals surface area contributed by atoms with E-state index in [4.69, 9.17) is 17.0 Å². The summed E-state index contributed by atoms with van der Waals surface area (Å²) < 4.78 is 7.30. The van der Waals surface area contributed by atoms with Gasteiger partial charge >= 0.3 is 0 Å². The van der Waals surface area contributed by atoms with Crippen molar-refractivity contribution in [3.63, 3.8) is 0 Å². The number of amides is 1. The van der Waals surface area contributed by atoms with E-state index >= 15 is 0 Å². The number of carbonyl (C=O) groups is 1. The Morgan fingerprint density at radius 3 is 2.50 bits per heavy atom. The smallest absolute Gasteiger partial charge is 0.270 e. The fourth-order valence-corrected chi connectivity index (χ4v) is 6.22. The number of rotatable bonds is 9. The van der Waals surface area contributed by atoms with E-state index in [9.17, 15) is 14.9 Å². The number of thioether (sulfide) groups is 1. The van der Waals surface area contributed by atoms with Crippen LogP contribution in [0.2, 0.25) is 0 Å². The zero-order chi connectivity index (χ0) is 27.2. The Morgan fingerprint density at radius 1 is 1.16 bits per heavy atom. The molecule has 0 radical (unpaired) electrons. The number of benzene rings is 1. The Kier molecular flexibility index (Phi) is 9.39. The lowest BCUT2D eigenvalue weighted by Gasteiger charge is -2.38. The van der Waals surface area contributed by atoms with Gasteiger partial charge in [0.25, 0.3) is 11.5 Å². The highest BCUT2D eigenvalue weighted by molar-refractivity contribution is 8.26. The SMILES string of the molecule is CCn1c(N2CCN(Cc3ccccc3)CC2)c(/C=C2/SC(=S)N(CCCOC)C2=O)c(C)c(C#N)c1=O. The van der Waals surface area contributed by atoms with Gasteiger partial charge in [-0.25, -0.2) is 0 Å².